The first kappa shape index (κ1) is 14.4. The summed E-state index contributed by atoms with van der Waals surface area (Å²) in [5.74, 6) is -0.389. The van der Waals surface area contributed by atoms with Crippen molar-refractivity contribution in [1.29, 1.82) is 0 Å². The van der Waals surface area contributed by atoms with Crippen LogP contribution in [0.25, 0.3) is 0 Å². The van der Waals surface area contributed by atoms with Crippen molar-refractivity contribution in [2.24, 2.45) is 11.5 Å². The third kappa shape index (κ3) is 7.31. The van der Waals surface area contributed by atoms with Crippen LogP contribution in [-0.2, 0) is 4.79 Å². The van der Waals surface area contributed by atoms with E-state index in [1.807, 2.05) is 0 Å². The zero-order valence-corrected chi connectivity index (χ0v) is 9.19. The van der Waals surface area contributed by atoms with Crippen molar-refractivity contribution in [2.75, 3.05) is 5.32 Å². The Morgan fingerprint density at radius 3 is 2.35 bits per heavy atom. The van der Waals surface area contributed by atoms with E-state index in [0.29, 0.717) is 5.57 Å². The minimum absolute atomic E-state index is 0.0463. The Bertz CT molecular complexity index is 468. The molecular formula is C9H13N5O3. The fourth-order valence-corrected chi connectivity index (χ4v) is 0.552. The highest BCUT2D eigenvalue weighted by Crippen LogP contribution is 1.87. The summed E-state index contributed by atoms with van der Waals surface area (Å²) in [5, 5.41) is 2.12. The molecule has 0 radical (unpaired) electrons. The van der Waals surface area contributed by atoms with Crippen molar-refractivity contribution < 1.29 is 9.59 Å². The summed E-state index contributed by atoms with van der Waals surface area (Å²) in [7, 11) is 0. The number of hydrogen-bond donors (Lipinski definition) is 4. The topological polar surface area (TPSA) is 144 Å². The van der Waals surface area contributed by atoms with Crippen molar-refractivity contribution in [2.45, 2.75) is 6.92 Å². The first-order valence-electron chi connectivity index (χ1n) is 4.40. The normalized spacial score (nSPS) is 8.53. The van der Waals surface area contributed by atoms with Gasteiger partial charge >= 0.3 is 6.03 Å². The number of nitrogens with zero attached hydrogens (tertiary/aromatic N) is 1. The first-order valence-corrected chi connectivity index (χ1v) is 4.40. The summed E-state index contributed by atoms with van der Waals surface area (Å²) in [6.45, 7) is 4.85. The van der Waals surface area contributed by atoms with Crippen LogP contribution in [0.1, 0.15) is 6.92 Å². The fraction of sp³-hybridized carbons (Fsp3) is 0.111. The number of nitrogens with one attached hydrogen (secondary N) is 2. The minimum atomic E-state index is -0.764. The Hall–Kier alpha value is -2.64. The monoisotopic (exact) mass is 239 g/mol. The van der Waals surface area contributed by atoms with E-state index in [1.54, 1.807) is 6.92 Å². The maximum Gasteiger partial charge on any atom is 0.318 e. The molecule has 1 heterocycles. The van der Waals surface area contributed by atoms with Crippen molar-refractivity contribution in [3.8, 4) is 0 Å². The molecule has 1 rings (SSSR count). The van der Waals surface area contributed by atoms with Gasteiger partial charge in [-0.15, -0.1) is 0 Å². The summed E-state index contributed by atoms with van der Waals surface area (Å²) < 4.78 is 0. The molecule has 1 aromatic rings. The van der Waals surface area contributed by atoms with Crippen LogP contribution in [0.5, 0.6) is 0 Å². The number of urea groups is 1. The van der Waals surface area contributed by atoms with Crippen molar-refractivity contribution >= 4 is 17.9 Å². The van der Waals surface area contributed by atoms with E-state index < -0.39 is 17.5 Å². The maximum absolute atomic E-state index is 10.5. The lowest BCUT2D eigenvalue weighted by atomic mass is 10.3. The molecule has 0 unspecified atom stereocenters. The van der Waals surface area contributed by atoms with E-state index in [1.165, 1.54) is 12.3 Å². The van der Waals surface area contributed by atoms with Gasteiger partial charge in [-0.2, -0.15) is 4.98 Å². The van der Waals surface area contributed by atoms with Crippen molar-refractivity contribution in [3.05, 3.63) is 34.8 Å². The SMILES string of the molecule is C=C(C)C(N)=O.NC(=O)Nc1nc(=O)cc[nH]1. The zero-order chi connectivity index (χ0) is 13.4. The van der Waals surface area contributed by atoms with E-state index in [-0.39, 0.29) is 5.95 Å². The van der Waals surface area contributed by atoms with Crippen LogP contribution < -0.4 is 22.3 Å². The highest BCUT2D eigenvalue weighted by Gasteiger charge is 1.95. The molecule has 0 atom stereocenters. The molecule has 0 aliphatic rings. The second kappa shape index (κ2) is 6.77. The van der Waals surface area contributed by atoms with E-state index >= 15 is 0 Å². The Morgan fingerprint density at radius 2 is 2.00 bits per heavy atom. The lowest BCUT2D eigenvalue weighted by Gasteiger charge is -1.96. The Balaban J connectivity index is 0.000000366. The molecule has 8 nitrogen and oxygen atoms in total. The molecule has 0 saturated carbocycles. The number of aromatic nitrogens is 2. The molecular weight excluding hydrogens is 226 g/mol. The number of amides is 3. The zero-order valence-electron chi connectivity index (χ0n) is 9.19. The summed E-state index contributed by atoms with van der Waals surface area (Å²) >= 11 is 0. The molecule has 0 aliphatic carbocycles. The molecule has 17 heavy (non-hydrogen) atoms. The average molecular weight is 239 g/mol. The Labute approximate surface area is 96.7 Å². The average Bonchev–Trinajstić information content (AvgIpc) is 2.17. The third-order valence-corrected chi connectivity index (χ3v) is 1.33. The highest BCUT2D eigenvalue weighted by atomic mass is 16.2. The van der Waals surface area contributed by atoms with Gasteiger partial charge in [-0.25, -0.2) is 4.79 Å². The molecule has 0 bridgehead atoms. The lowest BCUT2D eigenvalue weighted by molar-refractivity contribution is -0.114. The van der Waals surface area contributed by atoms with Gasteiger partial charge < -0.3 is 16.5 Å². The van der Waals surface area contributed by atoms with Gasteiger partial charge in [-0.05, 0) is 6.92 Å². The quantitative estimate of drug-likeness (QED) is 0.506. The van der Waals surface area contributed by atoms with E-state index in [2.05, 4.69) is 21.9 Å². The third-order valence-electron chi connectivity index (χ3n) is 1.33. The van der Waals surface area contributed by atoms with Crippen LogP contribution in [0.15, 0.2) is 29.2 Å². The Kier molecular flexibility index (Phi) is 5.72. The maximum atomic E-state index is 10.5. The second-order valence-electron chi connectivity index (χ2n) is 2.91. The van der Waals surface area contributed by atoms with E-state index in [9.17, 15) is 14.4 Å². The van der Waals surface area contributed by atoms with Crippen LogP contribution in [0.3, 0.4) is 0 Å². The van der Waals surface area contributed by atoms with E-state index in [0.717, 1.165) is 0 Å². The van der Waals surface area contributed by atoms with Crippen LogP contribution in [0, 0.1) is 0 Å². The molecule has 8 heteroatoms. The predicted octanol–water partition coefficient (Wildman–Crippen LogP) is -0.692. The van der Waals surface area contributed by atoms with Crippen LogP contribution in [0.2, 0.25) is 0 Å². The van der Waals surface area contributed by atoms with Gasteiger partial charge in [-0.1, -0.05) is 6.58 Å². The molecule has 3 amide bonds. The van der Waals surface area contributed by atoms with Gasteiger partial charge in [0, 0.05) is 17.8 Å². The van der Waals surface area contributed by atoms with Gasteiger partial charge in [0.15, 0.2) is 0 Å². The standard InChI is InChI=1S/C5H6N4O2.C4H7NO/c6-4(11)9-5-7-2-1-3(10)8-5;1-3(2)4(5)6/h1-2H,(H4,6,7,8,9,10,11);1H2,2H3,(H2,5,6). The lowest BCUT2D eigenvalue weighted by Crippen LogP contribution is -2.22. The van der Waals surface area contributed by atoms with Gasteiger partial charge in [0.25, 0.3) is 5.56 Å². The number of primary amides is 2. The second-order valence-corrected chi connectivity index (χ2v) is 2.91. The van der Waals surface area contributed by atoms with Crippen molar-refractivity contribution in [1.82, 2.24) is 9.97 Å². The number of nitrogens with two attached hydrogens (primary N) is 2. The summed E-state index contributed by atoms with van der Waals surface area (Å²) in [6.07, 6.45) is 1.36. The predicted molar refractivity (Wildman–Crippen MR) is 62.1 cm³/mol. The van der Waals surface area contributed by atoms with Gasteiger partial charge in [0.2, 0.25) is 11.9 Å². The molecule has 0 spiro atoms. The number of carbonyl (C=O) groups excluding carboxylic acids is 2. The van der Waals surface area contributed by atoms with Gasteiger partial charge in [0.05, 0.1) is 0 Å². The number of H-pyrrole nitrogens is 1. The van der Waals surface area contributed by atoms with Crippen LogP contribution in [-0.4, -0.2) is 21.9 Å². The Morgan fingerprint density at radius 1 is 1.47 bits per heavy atom. The van der Waals surface area contributed by atoms with Crippen LogP contribution in [0.4, 0.5) is 10.7 Å². The van der Waals surface area contributed by atoms with Gasteiger partial charge in [0.1, 0.15) is 0 Å². The number of rotatable bonds is 2. The molecule has 92 valence electrons. The smallest absolute Gasteiger partial charge is 0.318 e. The van der Waals surface area contributed by atoms with Crippen molar-refractivity contribution in [3.63, 3.8) is 0 Å². The number of carbonyl (C=O) groups is 2. The molecule has 0 saturated heterocycles. The highest BCUT2D eigenvalue weighted by molar-refractivity contribution is 5.90. The molecule has 0 aromatic carbocycles. The molecule has 0 aliphatic heterocycles. The molecule has 6 N–H and O–H groups in total. The van der Waals surface area contributed by atoms with Crippen LogP contribution >= 0.6 is 0 Å². The summed E-state index contributed by atoms with van der Waals surface area (Å²) in [5.41, 5.74) is 9.42. The summed E-state index contributed by atoms with van der Waals surface area (Å²) in [4.78, 5) is 36.5. The molecule has 0 fully saturated rings. The first-order chi connectivity index (χ1) is 7.82. The largest absolute Gasteiger partial charge is 0.366 e. The molecule has 1 aromatic heterocycles. The number of aromatic amines is 1. The van der Waals surface area contributed by atoms with E-state index in [4.69, 9.17) is 11.5 Å². The summed E-state index contributed by atoms with van der Waals surface area (Å²) in [6, 6.07) is 0.464. The minimum Gasteiger partial charge on any atom is -0.366 e. The fourth-order valence-electron chi connectivity index (χ4n) is 0.552. The number of hydrogen-bond acceptors (Lipinski definition) is 4. The van der Waals surface area contributed by atoms with Gasteiger partial charge in [-0.3, -0.25) is 14.9 Å². The number of anilines is 1.